The zero-order chi connectivity index (χ0) is 15.9. The van der Waals surface area contributed by atoms with Crippen molar-refractivity contribution in [2.45, 2.75) is 25.3 Å². The molecule has 0 heterocycles. The van der Waals surface area contributed by atoms with Crippen LogP contribution in [0.3, 0.4) is 0 Å². The molecule has 0 spiro atoms. The molecule has 0 aliphatic heterocycles. The van der Waals surface area contributed by atoms with Crippen molar-refractivity contribution in [3.05, 3.63) is 32.2 Å². The minimum atomic E-state index is -5.48. The number of aryl methyl sites for hydroxylation is 1. The molecule has 1 aromatic rings. The molecule has 2 N–H and O–H groups in total. The van der Waals surface area contributed by atoms with Gasteiger partial charge in [-0.15, -0.1) is 0 Å². The van der Waals surface area contributed by atoms with E-state index in [9.17, 15) is 26.3 Å². The van der Waals surface area contributed by atoms with Gasteiger partial charge in [0, 0.05) is 8.95 Å². The van der Waals surface area contributed by atoms with Gasteiger partial charge in [-0.1, -0.05) is 31.9 Å². The third-order valence-corrected chi connectivity index (χ3v) is 4.24. The van der Waals surface area contributed by atoms with Crippen molar-refractivity contribution in [2.75, 3.05) is 0 Å². The van der Waals surface area contributed by atoms with Crippen molar-refractivity contribution in [3.8, 4) is 0 Å². The molecule has 1 nitrogen and oxygen atoms in total. The Hall–Kier alpha value is -0.280. The largest absolute Gasteiger partial charge is 0.402 e. The fraction of sp³-hybridized carbons (Fsp3) is 0.455. The molecule has 0 fully saturated rings. The summed E-state index contributed by atoms with van der Waals surface area (Å²) >= 11 is 6.01. The highest BCUT2D eigenvalue weighted by Gasteiger charge is 2.59. The lowest BCUT2D eigenvalue weighted by molar-refractivity contribution is -0.290. The Labute approximate surface area is 127 Å². The Morgan fingerprint density at radius 3 is 1.80 bits per heavy atom. The van der Waals surface area contributed by atoms with Gasteiger partial charge in [0.25, 0.3) is 0 Å². The van der Waals surface area contributed by atoms with E-state index in [4.69, 9.17) is 5.73 Å². The summed E-state index contributed by atoms with van der Waals surface area (Å²) in [5, 5.41) is 0. The first kappa shape index (κ1) is 17.8. The summed E-state index contributed by atoms with van der Waals surface area (Å²) in [5.74, 6) is -3.62. The molecule has 1 rings (SSSR count). The Bertz CT molecular complexity index is 483. The van der Waals surface area contributed by atoms with Crippen molar-refractivity contribution < 1.29 is 26.3 Å². The zero-order valence-corrected chi connectivity index (χ0v) is 13.1. The standard InChI is InChI=1S/C11H9Br2F6N/c1-4-2-7(13)5(3-6(4)12)8(20)9(10(14,15)16)11(17,18)19/h2-3,8-9H,20H2,1H3. The van der Waals surface area contributed by atoms with Crippen LogP contribution in [0.25, 0.3) is 0 Å². The maximum Gasteiger partial charge on any atom is 0.402 e. The van der Waals surface area contributed by atoms with E-state index >= 15 is 0 Å². The lowest BCUT2D eigenvalue weighted by Gasteiger charge is -2.29. The molecular weight excluding hydrogens is 420 g/mol. The molecule has 0 radical (unpaired) electrons. The van der Waals surface area contributed by atoms with E-state index in [1.807, 2.05) is 0 Å². The fourth-order valence-electron chi connectivity index (χ4n) is 1.69. The molecule has 9 heteroatoms. The molecular formula is C11H9Br2F6N. The molecule has 20 heavy (non-hydrogen) atoms. The van der Waals surface area contributed by atoms with E-state index < -0.39 is 24.3 Å². The number of hydrogen-bond donors (Lipinski definition) is 1. The minimum Gasteiger partial charge on any atom is -0.323 e. The maximum atomic E-state index is 12.6. The Morgan fingerprint density at radius 2 is 1.40 bits per heavy atom. The van der Waals surface area contributed by atoms with Crippen LogP contribution >= 0.6 is 31.9 Å². The van der Waals surface area contributed by atoms with Crippen molar-refractivity contribution in [1.29, 1.82) is 0 Å². The molecule has 0 amide bonds. The first-order valence-electron chi connectivity index (χ1n) is 5.20. The van der Waals surface area contributed by atoms with Crippen molar-refractivity contribution in [1.82, 2.24) is 0 Å². The molecule has 0 aromatic heterocycles. The monoisotopic (exact) mass is 427 g/mol. The van der Waals surface area contributed by atoms with Gasteiger partial charge in [-0.2, -0.15) is 26.3 Å². The molecule has 114 valence electrons. The predicted octanol–water partition coefficient (Wildman–Crippen LogP) is 5.26. The molecule has 0 aliphatic rings. The van der Waals surface area contributed by atoms with Gasteiger partial charge in [0.05, 0.1) is 6.04 Å². The average Bonchev–Trinajstić information content (AvgIpc) is 2.18. The summed E-state index contributed by atoms with van der Waals surface area (Å²) in [7, 11) is 0. The van der Waals surface area contributed by atoms with E-state index in [0.717, 1.165) is 6.07 Å². The van der Waals surface area contributed by atoms with Crippen LogP contribution < -0.4 is 5.73 Å². The quantitative estimate of drug-likeness (QED) is 0.639. The van der Waals surface area contributed by atoms with Crippen molar-refractivity contribution in [2.24, 2.45) is 11.7 Å². The Kier molecular flexibility index (Phi) is 5.19. The number of nitrogens with two attached hydrogens (primary N) is 1. The summed E-state index contributed by atoms with van der Waals surface area (Å²) in [6.07, 6.45) is -11.0. The maximum absolute atomic E-state index is 12.6. The van der Waals surface area contributed by atoms with Crippen LogP contribution in [0.5, 0.6) is 0 Å². The summed E-state index contributed by atoms with van der Waals surface area (Å²) in [6.45, 7) is 1.65. The molecule has 0 saturated heterocycles. The van der Waals surface area contributed by atoms with Gasteiger partial charge in [-0.3, -0.25) is 0 Å². The van der Waals surface area contributed by atoms with Gasteiger partial charge in [0.2, 0.25) is 0 Å². The SMILES string of the molecule is Cc1cc(Br)c(C(N)C(C(F)(F)F)C(F)(F)F)cc1Br. The van der Waals surface area contributed by atoms with E-state index in [1.54, 1.807) is 6.92 Å². The van der Waals surface area contributed by atoms with E-state index in [2.05, 4.69) is 31.9 Å². The highest BCUT2D eigenvalue weighted by Crippen LogP contribution is 2.47. The van der Waals surface area contributed by atoms with Crippen molar-refractivity contribution in [3.63, 3.8) is 0 Å². The summed E-state index contributed by atoms with van der Waals surface area (Å²) in [5.41, 5.74) is 5.63. The third-order valence-electron chi connectivity index (χ3n) is 2.70. The van der Waals surface area contributed by atoms with Gasteiger partial charge in [-0.25, -0.2) is 0 Å². The van der Waals surface area contributed by atoms with Crippen LogP contribution in [0.1, 0.15) is 17.2 Å². The Morgan fingerprint density at radius 1 is 0.950 bits per heavy atom. The fourth-order valence-corrected chi connectivity index (χ4v) is 2.77. The summed E-state index contributed by atoms with van der Waals surface area (Å²) in [4.78, 5) is 0. The van der Waals surface area contributed by atoms with Crippen LogP contribution in [-0.4, -0.2) is 12.4 Å². The highest BCUT2D eigenvalue weighted by atomic mass is 79.9. The third kappa shape index (κ3) is 3.88. The first-order chi connectivity index (χ1) is 8.85. The molecule has 1 unspecified atom stereocenters. The normalized spacial score (nSPS) is 14.8. The number of benzene rings is 1. The summed E-state index contributed by atoms with van der Waals surface area (Å²) in [6, 6.07) is 0.318. The number of hydrogen-bond acceptors (Lipinski definition) is 1. The van der Waals surface area contributed by atoms with Crippen LogP contribution in [0.2, 0.25) is 0 Å². The minimum absolute atomic E-state index is 0.101. The van der Waals surface area contributed by atoms with Gasteiger partial charge in [0.1, 0.15) is 0 Å². The molecule has 0 saturated carbocycles. The molecule has 0 aliphatic carbocycles. The van der Waals surface area contributed by atoms with Gasteiger partial charge >= 0.3 is 12.4 Å². The topological polar surface area (TPSA) is 26.0 Å². The van der Waals surface area contributed by atoms with Crippen LogP contribution in [0.15, 0.2) is 21.1 Å². The first-order valence-corrected chi connectivity index (χ1v) is 6.79. The van der Waals surface area contributed by atoms with Crippen LogP contribution in [0.4, 0.5) is 26.3 Å². The van der Waals surface area contributed by atoms with Crippen molar-refractivity contribution >= 4 is 31.9 Å². The van der Waals surface area contributed by atoms with Crippen LogP contribution in [0, 0.1) is 12.8 Å². The zero-order valence-electron chi connectivity index (χ0n) is 9.91. The average molecular weight is 429 g/mol. The van der Waals surface area contributed by atoms with E-state index in [-0.39, 0.29) is 10.0 Å². The lowest BCUT2D eigenvalue weighted by Crippen LogP contribution is -2.44. The molecule has 1 aromatic carbocycles. The molecule has 0 bridgehead atoms. The van der Waals surface area contributed by atoms with E-state index in [1.165, 1.54) is 6.07 Å². The Balaban J connectivity index is 3.34. The second-order valence-corrected chi connectivity index (χ2v) is 5.92. The second kappa shape index (κ2) is 5.84. The smallest absolute Gasteiger partial charge is 0.323 e. The number of alkyl halides is 6. The number of rotatable bonds is 2. The van der Waals surface area contributed by atoms with Gasteiger partial charge < -0.3 is 5.73 Å². The van der Waals surface area contributed by atoms with E-state index in [0.29, 0.717) is 10.0 Å². The highest BCUT2D eigenvalue weighted by molar-refractivity contribution is 9.11. The second-order valence-electron chi connectivity index (χ2n) is 4.21. The number of halogens is 8. The van der Waals surface area contributed by atoms with Gasteiger partial charge in [-0.05, 0) is 30.2 Å². The lowest BCUT2D eigenvalue weighted by atomic mass is 9.92. The predicted molar refractivity (Wildman–Crippen MR) is 69.1 cm³/mol. The summed E-state index contributed by atoms with van der Waals surface area (Å²) < 4.78 is 76.3. The van der Waals surface area contributed by atoms with Crippen LogP contribution in [-0.2, 0) is 0 Å². The molecule has 1 atom stereocenters. The van der Waals surface area contributed by atoms with Gasteiger partial charge in [0.15, 0.2) is 5.92 Å².